The third-order valence-electron chi connectivity index (χ3n) is 2.99. The van der Waals surface area contributed by atoms with Gasteiger partial charge in [-0.2, -0.15) is 0 Å². The molecule has 0 unspecified atom stereocenters. The Morgan fingerprint density at radius 2 is 2.00 bits per heavy atom. The quantitative estimate of drug-likeness (QED) is 0.580. The second-order valence-corrected chi connectivity index (χ2v) is 6.74. The minimum Gasteiger partial charge on any atom is -0.383 e. The zero-order valence-electron chi connectivity index (χ0n) is 12.3. The molecule has 0 aromatic heterocycles. The van der Waals surface area contributed by atoms with E-state index in [9.17, 15) is 18.5 Å². The molecule has 1 aromatic carbocycles. The normalized spacial score (nSPS) is 12.2. The molecule has 0 radical (unpaired) electrons. The highest BCUT2D eigenvalue weighted by Gasteiger charge is 2.24. The van der Waals surface area contributed by atoms with E-state index >= 15 is 0 Å². The Morgan fingerprint density at radius 1 is 1.38 bits per heavy atom. The van der Waals surface area contributed by atoms with Crippen LogP contribution >= 0.6 is 0 Å². The van der Waals surface area contributed by atoms with Gasteiger partial charge >= 0.3 is 0 Å². The Hall–Kier alpha value is -1.71. The summed E-state index contributed by atoms with van der Waals surface area (Å²) in [6.07, 6.45) is 0. The fourth-order valence-corrected chi connectivity index (χ4v) is 2.68. The monoisotopic (exact) mass is 317 g/mol. The number of rotatable bonds is 7. The maximum Gasteiger partial charge on any atom is 0.293 e. The number of hydrogen-bond acceptors (Lipinski definition) is 6. The first kappa shape index (κ1) is 17.3. The Balaban J connectivity index is 3.09. The van der Waals surface area contributed by atoms with Crippen molar-refractivity contribution in [3.63, 3.8) is 0 Å². The topological polar surface area (TPSA) is 111 Å². The molecule has 1 rings (SSSR count). The number of methoxy groups -OCH3 is 1. The highest BCUT2D eigenvalue weighted by atomic mass is 32.2. The molecule has 2 N–H and O–H groups in total. The lowest BCUT2D eigenvalue weighted by Gasteiger charge is -2.23. The van der Waals surface area contributed by atoms with E-state index in [1.807, 2.05) is 0 Å². The molecular weight excluding hydrogens is 298 g/mol. The molecule has 1 aromatic rings. The summed E-state index contributed by atoms with van der Waals surface area (Å²) in [5.74, 6) is 0. The van der Waals surface area contributed by atoms with Gasteiger partial charge in [0, 0.05) is 26.8 Å². The molecule has 118 valence electrons. The Labute approximate surface area is 123 Å². The van der Waals surface area contributed by atoms with Gasteiger partial charge in [0.1, 0.15) is 5.69 Å². The first-order valence-electron chi connectivity index (χ1n) is 6.14. The van der Waals surface area contributed by atoms with E-state index in [1.54, 1.807) is 13.8 Å². The van der Waals surface area contributed by atoms with Crippen molar-refractivity contribution in [2.24, 2.45) is 0 Å². The van der Waals surface area contributed by atoms with Gasteiger partial charge in [-0.25, -0.2) is 13.1 Å². The number of ether oxygens (including phenoxy) is 1. The lowest BCUT2D eigenvalue weighted by atomic mass is 10.1. The first-order valence-corrected chi connectivity index (χ1v) is 7.62. The SMILES string of the molecule is CNc1ccc(S(=O)(=O)NCC(C)(C)OC)cc1[N+](=O)[O-]. The fraction of sp³-hybridized carbons (Fsp3) is 0.500. The number of nitrogens with zero attached hydrogens (tertiary/aromatic N) is 1. The molecule has 0 aliphatic heterocycles. The molecule has 0 bridgehead atoms. The maximum absolute atomic E-state index is 12.2. The predicted molar refractivity (Wildman–Crippen MR) is 78.9 cm³/mol. The molecule has 8 nitrogen and oxygen atoms in total. The van der Waals surface area contributed by atoms with Crippen LogP contribution in [0, 0.1) is 10.1 Å². The summed E-state index contributed by atoms with van der Waals surface area (Å²) in [6, 6.07) is 3.68. The zero-order valence-corrected chi connectivity index (χ0v) is 13.2. The smallest absolute Gasteiger partial charge is 0.293 e. The predicted octanol–water partition coefficient (Wildman–Crippen LogP) is 1.34. The molecule has 0 spiro atoms. The summed E-state index contributed by atoms with van der Waals surface area (Å²) < 4.78 is 31.8. The van der Waals surface area contributed by atoms with Crippen molar-refractivity contribution in [2.75, 3.05) is 26.0 Å². The Kier molecular flexibility index (Phi) is 5.26. The van der Waals surface area contributed by atoms with Gasteiger partial charge in [0.05, 0.1) is 15.4 Å². The van der Waals surface area contributed by atoms with Crippen molar-refractivity contribution >= 4 is 21.4 Å². The maximum atomic E-state index is 12.2. The van der Waals surface area contributed by atoms with Crippen LogP contribution in [-0.2, 0) is 14.8 Å². The molecule has 0 fully saturated rings. The van der Waals surface area contributed by atoms with E-state index in [2.05, 4.69) is 10.0 Å². The van der Waals surface area contributed by atoms with E-state index in [1.165, 1.54) is 26.3 Å². The van der Waals surface area contributed by atoms with Crippen LogP contribution in [0.3, 0.4) is 0 Å². The number of hydrogen-bond donors (Lipinski definition) is 2. The summed E-state index contributed by atoms with van der Waals surface area (Å²) in [5, 5.41) is 13.6. The Bertz CT molecular complexity index is 628. The highest BCUT2D eigenvalue weighted by molar-refractivity contribution is 7.89. The molecular formula is C12H19N3O5S. The van der Waals surface area contributed by atoms with E-state index in [0.29, 0.717) is 0 Å². The van der Waals surface area contributed by atoms with Gasteiger partial charge in [-0.3, -0.25) is 10.1 Å². The highest BCUT2D eigenvalue weighted by Crippen LogP contribution is 2.27. The summed E-state index contributed by atoms with van der Waals surface area (Å²) >= 11 is 0. The second kappa shape index (κ2) is 6.37. The number of nitrogens with one attached hydrogen (secondary N) is 2. The van der Waals surface area contributed by atoms with Crippen LogP contribution in [0.5, 0.6) is 0 Å². The van der Waals surface area contributed by atoms with Gasteiger partial charge in [-0.1, -0.05) is 0 Å². The average molecular weight is 317 g/mol. The lowest BCUT2D eigenvalue weighted by molar-refractivity contribution is -0.384. The molecule has 0 saturated heterocycles. The minimum absolute atomic E-state index is 0.0490. The largest absolute Gasteiger partial charge is 0.383 e. The van der Waals surface area contributed by atoms with E-state index in [0.717, 1.165) is 6.07 Å². The molecule has 21 heavy (non-hydrogen) atoms. The van der Waals surface area contributed by atoms with Crippen molar-refractivity contribution in [3.05, 3.63) is 28.3 Å². The van der Waals surface area contributed by atoms with E-state index in [4.69, 9.17) is 4.74 Å². The molecule has 0 atom stereocenters. The van der Waals surface area contributed by atoms with Gasteiger partial charge in [0.15, 0.2) is 0 Å². The number of nitro benzene ring substituents is 1. The molecule has 0 saturated carbocycles. The molecule has 0 aliphatic rings. The summed E-state index contributed by atoms with van der Waals surface area (Å²) in [5.41, 5.74) is -0.730. The van der Waals surface area contributed by atoms with Gasteiger partial charge in [0.2, 0.25) is 10.0 Å². The van der Waals surface area contributed by atoms with Crippen molar-refractivity contribution in [1.29, 1.82) is 0 Å². The summed E-state index contributed by atoms with van der Waals surface area (Å²) in [6.45, 7) is 3.50. The number of benzene rings is 1. The molecule has 0 amide bonds. The summed E-state index contributed by atoms with van der Waals surface area (Å²) in [4.78, 5) is 10.2. The molecule has 0 aliphatic carbocycles. The Morgan fingerprint density at radius 3 is 2.48 bits per heavy atom. The van der Waals surface area contributed by atoms with Crippen LogP contribution < -0.4 is 10.0 Å². The standard InChI is InChI=1S/C12H19N3O5S/c1-12(2,20-4)8-14-21(18,19)9-5-6-10(13-3)11(7-9)15(16)17/h5-7,13-14H,8H2,1-4H3. The van der Waals surface area contributed by atoms with Crippen LogP contribution in [0.4, 0.5) is 11.4 Å². The second-order valence-electron chi connectivity index (χ2n) is 4.97. The van der Waals surface area contributed by atoms with Crippen LogP contribution in [0.2, 0.25) is 0 Å². The molecule has 9 heteroatoms. The van der Waals surface area contributed by atoms with Crippen molar-refractivity contribution in [3.8, 4) is 0 Å². The van der Waals surface area contributed by atoms with E-state index in [-0.39, 0.29) is 22.8 Å². The number of nitro groups is 1. The summed E-state index contributed by atoms with van der Waals surface area (Å²) in [7, 11) is -0.850. The van der Waals surface area contributed by atoms with Crippen LogP contribution in [-0.4, -0.2) is 39.6 Å². The van der Waals surface area contributed by atoms with Gasteiger partial charge in [-0.05, 0) is 26.0 Å². The van der Waals surface area contributed by atoms with Crippen molar-refractivity contribution in [2.45, 2.75) is 24.3 Å². The van der Waals surface area contributed by atoms with Crippen LogP contribution in [0.25, 0.3) is 0 Å². The molecule has 0 heterocycles. The van der Waals surface area contributed by atoms with Crippen molar-refractivity contribution < 1.29 is 18.1 Å². The fourth-order valence-electron chi connectivity index (χ4n) is 1.47. The van der Waals surface area contributed by atoms with Gasteiger partial charge < -0.3 is 10.1 Å². The van der Waals surface area contributed by atoms with Crippen LogP contribution in [0.15, 0.2) is 23.1 Å². The van der Waals surface area contributed by atoms with Gasteiger partial charge in [-0.15, -0.1) is 0 Å². The van der Waals surface area contributed by atoms with Gasteiger partial charge in [0.25, 0.3) is 5.69 Å². The third kappa shape index (κ3) is 4.38. The van der Waals surface area contributed by atoms with Crippen molar-refractivity contribution in [1.82, 2.24) is 4.72 Å². The third-order valence-corrected chi connectivity index (χ3v) is 4.38. The first-order chi connectivity index (χ1) is 9.63. The minimum atomic E-state index is -3.85. The van der Waals surface area contributed by atoms with E-state index < -0.39 is 20.5 Å². The number of anilines is 1. The van der Waals surface area contributed by atoms with Crippen LogP contribution in [0.1, 0.15) is 13.8 Å². The number of sulfonamides is 1. The average Bonchev–Trinajstić information content (AvgIpc) is 2.44. The zero-order chi connectivity index (χ0) is 16.3. The lowest BCUT2D eigenvalue weighted by Crippen LogP contribution is -2.39.